The number of nitriles is 1. The van der Waals surface area contributed by atoms with Gasteiger partial charge in [-0.05, 0) is 32.1 Å². The zero-order valence-electron chi connectivity index (χ0n) is 10.2. The zero-order valence-corrected chi connectivity index (χ0v) is 11.0. The highest BCUT2D eigenvalue weighted by atomic mass is 32.2. The van der Waals surface area contributed by atoms with Crippen molar-refractivity contribution in [2.45, 2.75) is 39.2 Å². The normalized spacial score (nSPS) is 17.5. The Balaban J connectivity index is 2.53. The van der Waals surface area contributed by atoms with E-state index in [-0.39, 0.29) is 23.6 Å². The van der Waals surface area contributed by atoms with Gasteiger partial charge in [-0.2, -0.15) is 5.26 Å². The predicted molar refractivity (Wildman–Crippen MR) is 63.8 cm³/mol. The third kappa shape index (κ3) is 4.73. The molecular formula is C11H18N2O3S. The average molecular weight is 258 g/mol. The van der Waals surface area contributed by atoms with E-state index in [1.54, 1.807) is 13.8 Å². The van der Waals surface area contributed by atoms with Gasteiger partial charge in [-0.3, -0.25) is 4.79 Å². The van der Waals surface area contributed by atoms with Gasteiger partial charge in [0, 0.05) is 12.5 Å². The number of carbonyl (C=O) groups excluding carboxylic acids is 1. The molecule has 1 aliphatic carbocycles. The van der Waals surface area contributed by atoms with Crippen LogP contribution in [-0.2, 0) is 14.6 Å². The Bertz CT molecular complexity index is 430. The molecule has 0 aliphatic heterocycles. The van der Waals surface area contributed by atoms with Crippen molar-refractivity contribution in [1.82, 2.24) is 5.32 Å². The first-order chi connectivity index (χ1) is 7.79. The van der Waals surface area contributed by atoms with E-state index in [0.29, 0.717) is 0 Å². The summed E-state index contributed by atoms with van der Waals surface area (Å²) in [6.07, 6.45) is 1.80. The molecule has 1 aliphatic rings. The summed E-state index contributed by atoms with van der Waals surface area (Å²) in [6, 6.07) is 1.95. The van der Waals surface area contributed by atoms with E-state index in [9.17, 15) is 13.2 Å². The maximum atomic E-state index is 11.8. The number of carbonyl (C=O) groups is 1. The summed E-state index contributed by atoms with van der Waals surface area (Å²) in [7, 11) is -3.41. The van der Waals surface area contributed by atoms with E-state index < -0.39 is 21.5 Å². The Hall–Kier alpha value is -1.09. The van der Waals surface area contributed by atoms with Crippen molar-refractivity contribution in [3.05, 3.63) is 0 Å². The molecule has 0 atom stereocenters. The maximum absolute atomic E-state index is 11.8. The number of hydrogen-bond donors (Lipinski definition) is 1. The molecule has 6 heteroatoms. The first-order valence-electron chi connectivity index (χ1n) is 5.65. The van der Waals surface area contributed by atoms with Crippen LogP contribution in [0.15, 0.2) is 0 Å². The lowest BCUT2D eigenvalue weighted by atomic mass is 10.1. The topological polar surface area (TPSA) is 87.0 Å². The predicted octanol–water partition coefficient (Wildman–Crippen LogP) is 0.620. The van der Waals surface area contributed by atoms with Crippen LogP contribution in [0, 0.1) is 16.7 Å². The lowest BCUT2D eigenvalue weighted by Gasteiger charge is -2.12. The third-order valence-electron chi connectivity index (χ3n) is 2.74. The van der Waals surface area contributed by atoms with Gasteiger partial charge >= 0.3 is 0 Å². The summed E-state index contributed by atoms with van der Waals surface area (Å²) in [5.74, 6) is -0.981. The highest BCUT2D eigenvalue weighted by Gasteiger charge is 2.46. The van der Waals surface area contributed by atoms with Crippen molar-refractivity contribution in [2.75, 3.05) is 11.5 Å². The first-order valence-corrected chi connectivity index (χ1v) is 7.47. The molecule has 0 unspecified atom stereocenters. The summed E-state index contributed by atoms with van der Waals surface area (Å²) in [6.45, 7) is 3.56. The fourth-order valence-corrected chi connectivity index (χ4v) is 3.71. The molecule has 1 fully saturated rings. The summed E-state index contributed by atoms with van der Waals surface area (Å²) in [5, 5.41) is 11.2. The number of rotatable bonds is 6. The van der Waals surface area contributed by atoms with Gasteiger partial charge in [-0.25, -0.2) is 8.42 Å². The van der Waals surface area contributed by atoms with Crippen LogP contribution in [0.3, 0.4) is 0 Å². The molecule has 0 bridgehead atoms. The fraction of sp³-hybridized carbons (Fsp3) is 0.818. The summed E-state index contributed by atoms with van der Waals surface area (Å²) in [5.41, 5.74) is -0.369. The number of nitrogens with one attached hydrogen (secondary N) is 1. The van der Waals surface area contributed by atoms with Crippen molar-refractivity contribution in [2.24, 2.45) is 5.41 Å². The van der Waals surface area contributed by atoms with E-state index in [1.165, 1.54) is 0 Å². The van der Waals surface area contributed by atoms with Gasteiger partial charge in [0.2, 0.25) is 5.91 Å². The van der Waals surface area contributed by atoms with Crippen molar-refractivity contribution >= 4 is 15.7 Å². The van der Waals surface area contributed by atoms with Gasteiger partial charge in [0.05, 0.1) is 11.8 Å². The van der Waals surface area contributed by atoms with Gasteiger partial charge in [-0.15, -0.1) is 0 Å². The highest BCUT2D eigenvalue weighted by Crippen LogP contribution is 2.49. The lowest BCUT2D eigenvalue weighted by molar-refractivity contribution is -0.119. The molecular weight excluding hydrogens is 240 g/mol. The smallest absolute Gasteiger partial charge is 0.235 e. The summed E-state index contributed by atoms with van der Waals surface area (Å²) in [4.78, 5) is 11.4. The molecule has 5 nitrogen and oxygen atoms in total. The van der Waals surface area contributed by atoms with Crippen LogP contribution < -0.4 is 5.32 Å². The van der Waals surface area contributed by atoms with Crippen LogP contribution in [0.5, 0.6) is 0 Å². The van der Waals surface area contributed by atoms with E-state index in [4.69, 9.17) is 5.26 Å². The molecule has 1 amide bonds. The van der Waals surface area contributed by atoms with Crippen LogP contribution in [0.25, 0.3) is 0 Å². The van der Waals surface area contributed by atoms with Gasteiger partial charge in [0.15, 0.2) is 9.84 Å². The Morgan fingerprint density at radius 1 is 1.47 bits per heavy atom. The van der Waals surface area contributed by atoms with E-state index in [2.05, 4.69) is 5.32 Å². The number of amides is 1. The summed E-state index contributed by atoms with van der Waals surface area (Å²) < 4.78 is 23.6. The SMILES string of the molecule is CC(C)NC(=O)CS(=O)(=O)CC1(CC#N)CC1. The fourth-order valence-electron chi connectivity index (χ4n) is 1.80. The molecule has 0 heterocycles. The van der Waals surface area contributed by atoms with Crippen molar-refractivity contribution in [3.8, 4) is 6.07 Å². The van der Waals surface area contributed by atoms with Crippen molar-refractivity contribution in [1.29, 1.82) is 5.26 Å². The first kappa shape index (κ1) is 14.0. The van der Waals surface area contributed by atoms with Crippen LogP contribution >= 0.6 is 0 Å². The lowest BCUT2D eigenvalue weighted by Crippen LogP contribution is -2.36. The molecule has 0 aromatic heterocycles. The van der Waals surface area contributed by atoms with Gasteiger partial charge in [-0.1, -0.05) is 0 Å². The quantitative estimate of drug-likeness (QED) is 0.756. The Kier molecular flexibility index (Phi) is 4.15. The Labute approximate surface area is 102 Å². The van der Waals surface area contributed by atoms with Crippen molar-refractivity contribution < 1.29 is 13.2 Å². The standard InChI is InChI=1S/C11H18N2O3S/c1-9(2)13-10(14)7-17(15,16)8-11(3-4-11)5-6-12/h9H,3-5,7-8H2,1-2H3,(H,13,14). The molecule has 0 radical (unpaired) electrons. The highest BCUT2D eigenvalue weighted by molar-refractivity contribution is 7.92. The molecule has 0 spiro atoms. The molecule has 1 saturated carbocycles. The third-order valence-corrected chi connectivity index (χ3v) is 4.49. The van der Waals surface area contributed by atoms with E-state index in [1.807, 2.05) is 6.07 Å². The Morgan fingerprint density at radius 3 is 2.47 bits per heavy atom. The molecule has 17 heavy (non-hydrogen) atoms. The minimum Gasteiger partial charge on any atom is -0.353 e. The van der Waals surface area contributed by atoms with Gasteiger partial charge in [0.1, 0.15) is 5.75 Å². The van der Waals surface area contributed by atoms with Crippen LogP contribution in [0.1, 0.15) is 33.1 Å². The van der Waals surface area contributed by atoms with Crippen LogP contribution in [-0.4, -0.2) is 31.9 Å². The second-order valence-electron chi connectivity index (χ2n) is 5.09. The summed E-state index contributed by atoms with van der Waals surface area (Å²) >= 11 is 0. The molecule has 1 rings (SSSR count). The molecule has 96 valence electrons. The minimum atomic E-state index is -3.41. The Morgan fingerprint density at radius 2 is 2.06 bits per heavy atom. The maximum Gasteiger partial charge on any atom is 0.235 e. The average Bonchev–Trinajstić information content (AvgIpc) is 2.80. The van der Waals surface area contributed by atoms with Gasteiger partial charge < -0.3 is 5.32 Å². The van der Waals surface area contributed by atoms with E-state index >= 15 is 0 Å². The molecule has 0 saturated heterocycles. The second-order valence-corrected chi connectivity index (χ2v) is 7.15. The molecule has 1 N–H and O–H groups in total. The number of nitrogens with zero attached hydrogens (tertiary/aromatic N) is 1. The van der Waals surface area contributed by atoms with Gasteiger partial charge in [0.25, 0.3) is 0 Å². The van der Waals surface area contributed by atoms with E-state index in [0.717, 1.165) is 12.8 Å². The monoisotopic (exact) mass is 258 g/mol. The second kappa shape index (κ2) is 5.05. The number of sulfone groups is 1. The zero-order chi connectivity index (χ0) is 13.1. The van der Waals surface area contributed by atoms with Crippen LogP contribution in [0.4, 0.5) is 0 Å². The van der Waals surface area contributed by atoms with Crippen molar-refractivity contribution in [3.63, 3.8) is 0 Å². The molecule has 0 aromatic rings. The van der Waals surface area contributed by atoms with Crippen LogP contribution in [0.2, 0.25) is 0 Å². The minimum absolute atomic E-state index is 0.0426. The largest absolute Gasteiger partial charge is 0.353 e. The number of hydrogen-bond acceptors (Lipinski definition) is 4. The molecule has 0 aromatic carbocycles.